The van der Waals surface area contributed by atoms with E-state index in [1.807, 2.05) is 0 Å². The van der Waals surface area contributed by atoms with Crippen molar-refractivity contribution in [1.29, 1.82) is 0 Å². The third kappa shape index (κ3) is 7.56. The van der Waals surface area contributed by atoms with Gasteiger partial charge < -0.3 is 10.1 Å². The van der Waals surface area contributed by atoms with Crippen molar-refractivity contribution in [1.82, 2.24) is 5.32 Å². The smallest absolute Gasteiger partial charge is 0.416 e. The number of benzene rings is 2. The lowest BCUT2D eigenvalue weighted by Crippen LogP contribution is -2.32. The van der Waals surface area contributed by atoms with E-state index < -0.39 is 40.3 Å². The predicted octanol–water partition coefficient (Wildman–Crippen LogP) is 4.90. The number of hydrogen-bond donors (Lipinski definition) is 1. The van der Waals surface area contributed by atoms with E-state index in [-0.39, 0.29) is 23.2 Å². The van der Waals surface area contributed by atoms with Crippen molar-refractivity contribution in [3.05, 3.63) is 69.8 Å². The molecule has 172 valence electrons. The molecule has 0 aliphatic carbocycles. The van der Waals surface area contributed by atoms with Gasteiger partial charge in [-0.15, -0.1) is 11.8 Å². The average molecular weight is 470 g/mol. The van der Waals surface area contributed by atoms with Crippen LogP contribution >= 0.6 is 11.8 Å². The second-order valence-electron chi connectivity index (χ2n) is 7.00. The van der Waals surface area contributed by atoms with Gasteiger partial charge in [0.25, 0.3) is 5.69 Å². The fraction of sp³-hybridized carbons (Fsp3) is 0.333. The Balaban J connectivity index is 2.11. The molecular weight excluding hydrogens is 449 g/mol. The largest absolute Gasteiger partial charge is 0.463 e. The summed E-state index contributed by atoms with van der Waals surface area (Å²) in [5, 5.41) is 13.9. The maximum Gasteiger partial charge on any atom is 0.416 e. The summed E-state index contributed by atoms with van der Waals surface area (Å²) < 4.78 is 43.6. The van der Waals surface area contributed by atoms with Crippen LogP contribution in [0.3, 0.4) is 0 Å². The van der Waals surface area contributed by atoms with E-state index in [0.717, 1.165) is 23.9 Å². The molecule has 0 spiro atoms. The minimum atomic E-state index is -4.72. The second kappa shape index (κ2) is 11.0. The molecule has 0 heterocycles. The third-order valence-corrected chi connectivity index (χ3v) is 5.18. The van der Waals surface area contributed by atoms with E-state index in [4.69, 9.17) is 4.74 Å². The van der Waals surface area contributed by atoms with Crippen LogP contribution in [0, 0.1) is 10.1 Å². The van der Waals surface area contributed by atoms with Crippen molar-refractivity contribution in [2.45, 2.75) is 43.5 Å². The van der Waals surface area contributed by atoms with Crippen LogP contribution in [0.4, 0.5) is 18.9 Å². The maximum absolute atomic E-state index is 12.8. The summed E-state index contributed by atoms with van der Waals surface area (Å²) in [5.41, 5.74) is -1.23. The molecule has 0 radical (unpaired) electrons. The molecule has 32 heavy (non-hydrogen) atoms. The lowest BCUT2D eigenvalue weighted by molar-refractivity contribution is -0.388. The number of ether oxygens (including phenoxy) is 1. The molecule has 0 saturated heterocycles. The first-order valence-corrected chi connectivity index (χ1v) is 10.5. The second-order valence-corrected chi connectivity index (χ2v) is 8.02. The first-order valence-electron chi connectivity index (χ1n) is 9.49. The third-order valence-electron chi connectivity index (χ3n) is 4.12. The zero-order valence-corrected chi connectivity index (χ0v) is 18.0. The summed E-state index contributed by atoms with van der Waals surface area (Å²) >= 11 is 0.732. The van der Waals surface area contributed by atoms with E-state index >= 15 is 0 Å². The summed E-state index contributed by atoms with van der Waals surface area (Å²) in [6.07, 6.45) is -5.18. The van der Waals surface area contributed by atoms with Crippen LogP contribution in [0.5, 0.6) is 0 Å². The Labute approximate surface area is 186 Å². The minimum Gasteiger partial charge on any atom is -0.463 e. The molecule has 7 nitrogen and oxygen atoms in total. The molecule has 0 aliphatic rings. The van der Waals surface area contributed by atoms with E-state index in [1.165, 1.54) is 0 Å². The number of carbonyl (C=O) groups excluding carboxylic acids is 2. The number of esters is 1. The molecule has 0 fully saturated rings. The average Bonchev–Trinajstić information content (AvgIpc) is 2.71. The van der Waals surface area contributed by atoms with Gasteiger partial charge in [0.05, 0.1) is 39.7 Å². The number of halogens is 3. The lowest BCUT2D eigenvalue weighted by Gasteiger charge is -2.19. The Bertz CT molecular complexity index is 968. The lowest BCUT2D eigenvalue weighted by atomic mass is 10.0. The molecule has 1 atom stereocenters. The first-order chi connectivity index (χ1) is 15.0. The van der Waals surface area contributed by atoms with Crippen molar-refractivity contribution in [2.75, 3.05) is 5.75 Å². The highest BCUT2D eigenvalue weighted by atomic mass is 32.2. The van der Waals surface area contributed by atoms with Gasteiger partial charge in [-0.1, -0.05) is 30.3 Å². The molecule has 1 amide bonds. The molecule has 0 aromatic heterocycles. The SMILES string of the molecule is CC(C)OC(=O)CC(NC(=O)CSc1ccc(C(F)(F)F)cc1[N+](=O)[O-])c1ccccc1. The fourth-order valence-electron chi connectivity index (χ4n) is 2.75. The van der Waals surface area contributed by atoms with Gasteiger partial charge in [0.2, 0.25) is 5.91 Å². The fourth-order valence-corrected chi connectivity index (χ4v) is 3.57. The predicted molar refractivity (Wildman–Crippen MR) is 112 cm³/mol. The van der Waals surface area contributed by atoms with E-state index in [0.29, 0.717) is 11.6 Å². The number of amides is 1. The Morgan fingerprint density at radius 1 is 1.16 bits per heavy atom. The topological polar surface area (TPSA) is 98.5 Å². The number of thioether (sulfide) groups is 1. The highest BCUT2D eigenvalue weighted by molar-refractivity contribution is 8.00. The quantitative estimate of drug-likeness (QED) is 0.242. The van der Waals surface area contributed by atoms with Crippen molar-refractivity contribution in [2.24, 2.45) is 0 Å². The molecule has 0 saturated carbocycles. The standard InChI is InChI=1S/C21H21F3N2O5S/c1-13(2)31-20(28)11-16(14-6-4-3-5-7-14)25-19(27)12-32-18-9-8-15(21(22,23)24)10-17(18)26(29)30/h3-10,13,16H,11-12H2,1-2H3,(H,25,27). The van der Waals surface area contributed by atoms with Crippen LogP contribution < -0.4 is 5.32 Å². The van der Waals surface area contributed by atoms with E-state index in [1.54, 1.807) is 44.2 Å². The Hall–Kier alpha value is -3.08. The normalized spacial score (nSPS) is 12.3. The molecule has 2 aromatic carbocycles. The highest BCUT2D eigenvalue weighted by Crippen LogP contribution is 2.36. The molecule has 2 aromatic rings. The van der Waals surface area contributed by atoms with Crippen LogP contribution in [-0.2, 0) is 20.5 Å². The van der Waals surface area contributed by atoms with Crippen LogP contribution in [0.1, 0.15) is 37.4 Å². The summed E-state index contributed by atoms with van der Waals surface area (Å²) in [4.78, 5) is 34.8. The van der Waals surface area contributed by atoms with Crippen LogP contribution in [0.2, 0.25) is 0 Å². The van der Waals surface area contributed by atoms with Gasteiger partial charge in [0, 0.05) is 6.07 Å². The number of nitrogens with zero attached hydrogens (tertiary/aromatic N) is 1. The summed E-state index contributed by atoms with van der Waals surface area (Å²) in [6, 6.07) is 10.1. The summed E-state index contributed by atoms with van der Waals surface area (Å²) in [6.45, 7) is 3.39. The number of nitrogens with one attached hydrogen (secondary N) is 1. The Kier molecular flexibility index (Phi) is 8.64. The van der Waals surface area contributed by atoms with Gasteiger partial charge >= 0.3 is 12.1 Å². The van der Waals surface area contributed by atoms with Gasteiger partial charge in [-0.3, -0.25) is 19.7 Å². The summed E-state index contributed by atoms with van der Waals surface area (Å²) in [5.74, 6) is -1.36. The van der Waals surface area contributed by atoms with Gasteiger partial charge in [-0.25, -0.2) is 0 Å². The number of rotatable bonds is 9. The highest BCUT2D eigenvalue weighted by Gasteiger charge is 2.33. The van der Waals surface area contributed by atoms with Crippen molar-refractivity contribution in [3.8, 4) is 0 Å². The van der Waals surface area contributed by atoms with Crippen molar-refractivity contribution < 1.29 is 32.4 Å². The van der Waals surface area contributed by atoms with Gasteiger partial charge in [-0.2, -0.15) is 13.2 Å². The number of nitro groups is 1. The van der Waals surface area contributed by atoms with Gasteiger partial charge in [0.1, 0.15) is 0 Å². The zero-order chi connectivity index (χ0) is 23.9. The van der Waals surface area contributed by atoms with Gasteiger partial charge in [-0.05, 0) is 31.5 Å². The Morgan fingerprint density at radius 3 is 2.38 bits per heavy atom. The Morgan fingerprint density at radius 2 is 1.81 bits per heavy atom. The summed E-state index contributed by atoms with van der Waals surface area (Å²) in [7, 11) is 0. The molecule has 0 aliphatic heterocycles. The van der Waals surface area contributed by atoms with Gasteiger partial charge in [0.15, 0.2) is 0 Å². The minimum absolute atomic E-state index is 0.0753. The van der Waals surface area contributed by atoms with Crippen LogP contribution in [-0.4, -0.2) is 28.7 Å². The molecule has 11 heteroatoms. The maximum atomic E-state index is 12.8. The monoisotopic (exact) mass is 470 g/mol. The van der Waals surface area contributed by atoms with E-state index in [9.17, 15) is 32.9 Å². The zero-order valence-electron chi connectivity index (χ0n) is 17.2. The van der Waals surface area contributed by atoms with Crippen molar-refractivity contribution in [3.63, 3.8) is 0 Å². The molecule has 1 N–H and O–H groups in total. The molecule has 1 unspecified atom stereocenters. The molecule has 2 rings (SSSR count). The van der Waals surface area contributed by atoms with Crippen LogP contribution in [0.15, 0.2) is 53.4 Å². The molecule has 0 bridgehead atoms. The number of hydrogen-bond acceptors (Lipinski definition) is 6. The van der Waals surface area contributed by atoms with Crippen molar-refractivity contribution >= 4 is 29.3 Å². The number of nitro benzene ring substituents is 1. The van der Waals surface area contributed by atoms with E-state index in [2.05, 4.69) is 5.32 Å². The number of carbonyl (C=O) groups is 2. The van der Waals surface area contributed by atoms with Crippen LogP contribution in [0.25, 0.3) is 0 Å². The molecular formula is C21H21F3N2O5S. The number of alkyl halides is 3. The first kappa shape index (κ1) is 25.2.